The number of nitrogens with zero attached hydrogens (tertiary/aromatic N) is 1. The van der Waals surface area contributed by atoms with Gasteiger partial charge < -0.3 is 15.8 Å². The van der Waals surface area contributed by atoms with Gasteiger partial charge in [0.05, 0.1) is 23.1 Å². The molecule has 2 rings (SSSR count). The monoisotopic (exact) mass is 269 g/mol. The van der Waals surface area contributed by atoms with Gasteiger partial charge in [-0.25, -0.2) is 4.39 Å². The van der Waals surface area contributed by atoms with Crippen LogP contribution < -0.4 is 11.1 Å². The highest BCUT2D eigenvalue weighted by molar-refractivity contribution is 5.53. The molecule has 0 saturated heterocycles. The average Bonchev–Trinajstić information content (AvgIpc) is 2.35. The SMILES string of the molecule is CCOC1CC(N)C1Nc1cc(F)cc([N+](=O)[O-])c1. The Kier molecular flexibility index (Phi) is 3.96. The Morgan fingerprint density at radius 1 is 1.58 bits per heavy atom. The summed E-state index contributed by atoms with van der Waals surface area (Å²) in [6.45, 7) is 2.45. The van der Waals surface area contributed by atoms with E-state index in [9.17, 15) is 14.5 Å². The number of benzene rings is 1. The van der Waals surface area contributed by atoms with Crippen molar-refractivity contribution in [2.45, 2.75) is 31.5 Å². The van der Waals surface area contributed by atoms with Crippen LogP contribution in [0.2, 0.25) is 0 Å². The minimum absolute atomic E-state index is 0.0395. The van der Waals surface area contributed by atoms with E-state index in [0.29, 0.717) is 12.3 Å². The van der Waals surface area contributed by atoms with E-state index in [0.717, 1.165) is 12.5 Å². The Morgan fingerprint density at radius 3 is 2.89 bits per heavy atom. The van der Waals surface area contributed by atoms with Crippen LogP contribution in [0.4, 0.5) is 15.8 Å². The van der Waals surface area contributed by atoms with E-state index < -0.39 is 10.7 Å². The van der Waals surface area contributed by atoms with Crippen molar-refractivity contribution in [2.24, 2.45) is 5.73 Å². The molecule has 0 bridgehead atoms. The normalized spacial score (nSPS) is 25.7. The van der Waals surface area contributed by atoms with Crippen molar-refractivity contribution < 1.29 is 14.1 Å². The molecule has 1 aliphatic rings. The van der Waals surface area contributed by atoms with Gasteiger partial charge >= 0.3 is 0 Å². The van der Waals surface area contributed by atoms with Crippen molar-refractivity contribution in [1.29, 1.82) is 0 Å². The van der Waals surface area contributed by atoms with E-state index >= 15 is 0 Å². The van der Waals surface area contributed by atoms with Crippen LogP contribution in [-0.4, -0.2) is 29.7 Å². The number of nitrogens with two attached hydrogens (primary N) is 1. The Balaban J connectivity index is 2.12. The smallest absolute Gasteiger partial charge is 0.274 e. The Morgan fingerprint density at radius 2 is 2.32 bits per heavy atom. The Bertz CT molecular complexity index is 481. The number of ether oxygens (including phenoxy) is 1. The highest BCUT2D eigenvalue weighted by atomic mass is 19.1. The number of hydrogen-bond acceptors (Lipinski definition) is 5. The lowest BCUT2D eigenvalue weighted by Crippen LogP contribution is -2.60. The maximum atomic E-state index is 13.3. The zero-order valence-electron chi connectivity index (χ0n) is 10.5. The molecule has 7 heteroatoms. The molecule has 1 aliphatic carbocycles. The second-order valence-corrected chi connectivity index (χ2v) is 4.52. The van der Waals surface area contributed by atoms with Gasteiger partial charge in [-0.15, -0.1) is 0 Å². The summed E-state index contributed by atoms with van der Waals surface area (Å²) in [5, 5.41) is 13.7. The number of nitro groups is 1. The van der Waals surface area contributed by atoms with Gasteiger partial charge in [-0.2, -0.15) is 0 Å². The summed E-state index contributed by atoms with van der Waals surface area (Å²) in [7, 11) is 0. The first-order valence-electron chi connectivity index (χ1n) is 6.10. The van der Waals surface area contributed by atoms with Gasteiger partial charge in [-0.1, -0.05) is 0 Å². The fraction of sp³-hybridized carbons (Fsp3) is 0.500. The van der Waals surface area contributed by atoms with E-state index in [1.807, 2.05) is 6.92 Å². The zero-order chi connectivity index (χ0) is 14.0. The number of anilines is 1. The first-order chi connectivity index (χ1) is 9.01. The van der Waals surface area contributed by atoms with Gasteiger partial charge in [0.1, 0.15) is 5.82 Å². The average molecular weight is 269 g/mol. The molecule has 3 unspecified atom stereocenters. The molecule has 3 N–H and O–H groups in total. The number of nitrogens with one attached hydrogen (secondary N) is 1. The van der Waals surface area contributed by atoms with Crippen molar-refractivity contribution in [1.82, 2.24) is 0 Å². The predicted molar refractivity (Wildman–Crippen MR) is 68.5 cm³/mol. The molecule has 0 radical (unpaired) electrons. The summed E-state index contributed by atoms with van der Waals surface area (Å²) in [4.78, 5) is 10.0. The van der Waals surface area contributed by atoms with Crippen molar-refractivity contribution in [3.8, 4) is 0 Å². The molecule has 1 aromatic rings. The lowest BCUT2D eigenvalue weighted by atomic mass is 9.83. The molecular weight excluding hydrogens is 253 g/mol. The molecule has 104 valence electrons. The van der Waals surface area contributed by atoms with Crippen LogP contribution in [-0.2, 0) is 4.74 Å². The van der Waals surface area contributed by atoms with Gasteiger partial charge in [0.15, 0.2) is 0 Å². The first-order valence-corrected chi connectivity index (χ1v) is 6.10. The molecule has 0 aliphatic heterocycles. The lowest BCUT2D eigenvalue weighted by Gasteiger charge is -2.43. The highest BCUT2D eigenvalue weighted by Crippen LogP contribution is 2.28. The third kappa shape index (κ3) is 2.99. The van der Waals surface area contributed by atoms with Crippen LogP contribution in [0.1, 0.15) is 13.3 Å². The molecule has 3 atom stereocenters. The first kappa shape index (κ1) is 13.7. The summed E-state index contributed by atoms with van der Waals surface area (Å²) in [6.07, 6.45) is 0.686. The lowest BCUT2D eigenvalue weighted by molar-refractivity contribution is -0.385. The van der Waals surface area contributed by atoms with Crippen LogP contribution in [0.3, 0.4) is 0 Å². The molecule has 6 nitrogen and oxygen atoms in total. The van der Waals surface area contributed by atoms with Crippen molar-refractivity contribution in [3.63, 3.8) is 0 Å². The van der Waals surface area contributed by atoms with E-state index in [2.05, 4.69) is 5.32 Å². The maximum absolute atomic E-state index is 13.3. The minimum Gasteiger partial charge on any atom is -0.378 e. The van der Waals surface area contributed by atoms with Crippen LogP contribution >= 0.6 is 0 Å². The van der Waals surface area contributed by atoms with E-state index in [1.165, 1.54) is 12.1 Å². The summed E-state index contributed by atoms with van der Waals surface area (Å²) in [6, 6.07) is 3.13. The molecule has 0 aromatic heterocycles. The molecule has 0 heterocycles. The second-order valence-electron chi connectivity index (χ2n) is 4.52. The van der Waals surface area contributed by atoms with Crippen molar-refractivity contribution >= 4 is 11.4 Å². The third-order valence-corrected chi connectivity index (χ3v) is 3.17. The largest absolute Gasteiger partial charge is 0.378 e. The standard InChI is InChI=1S/C12H16FN3O3/c1-2-19-11-6-10(14)12(11)15-8-3-7(13)4-9(5-8)16(17)18/h3-5,10-12,15H,2,6,14H2,1H3. The van der Waals surface area contributed by atoms with Crippen LogP contribution in [0, 0.1) is 15.9 Å². The second kappa shape index (κ2) is 5.50. The fourth-order valence-electron chi connectivity index (χ4n) is 2.18. The number of nitro benzene ring substituents is 1. The molecular formula is C12H16FN3O3. The van der Waals surface area contributed by atoms with E-state index in [1.54, 1.807) is 0 Å². The highest BCUT2D eigenvalue weighted by Gasteiger charge is 2.39. The van der Waals surface area contributed by atoms with E-state index in [4.69, 9.17) is 10.5 Å². The van der Waals surface area contributed by atoms with Crippen LogP contribution in [0.25, 0.3) is 0 Å². The predicted octanol–water partition coefficient (Wildman–Crippen LogP) is 1.65. The fourth-order valence-corrected chi connectivity index (χ4v) is 2.18. The van der Waals surface area contributed by atoms with Crippen molar-refractivity contribution in [2.75, 3.05) is 11.9 Å². The molecule has 1 fully saturated rings. The number of halogens is 1. The van der Waals surface area contributed by atoms with Gasteiger partial charge in [0.25, 0.3) is 5.69 Å². The van der Waals surface area contributed by atoms with Crippen molar-refractivity contribution in [3.05, 3.63) is 34.1 Å². The molecule has 19 heavy (non-hydrogen) atoms. The zero-order valence-corrected chi connectivity index (χ0v) is 10.5. The van der Waals surface area contributed by atoms with E-state index in [-0.39, 0.29) is 23.9 Å². The van der Waals surface area contributed by atoms with Crippen LogP contribution in [0.15, 0.2) is 18.2 Å². The van der Waals surface area contributed by atoms with Gasteiger partial charge in [-0.3, -0.25) is 10.1 Å². The van der Waals surface area contributed by atoms with Gasteiger partial charge in [-0.05, 0) is 19.4 Å². The molecule has 0 amide bonds. The summed E-state index contributed by atoms with van der Waals surface area (Å²) in [5.74, 6) is -0.655. The quantitative estimate of drug-likeness (QED) is 0.626. The number of rotatable bonds is 5. The Labute approximate surface area is 109 Å². The third-order valence-electron chi connectivity index (χ3n) is 3.17. The number of non-ortho nitro benzene ring substituents is 1. The molecule has 0 spiro atoms. The summed E-state index contributed by atoms with van der Waals surface area (Å²) >= 11 is 0. The van der Waals surface area contributed by atoms with Gasteiger partial charge in [0.2, 0.25) is 0 Å². The Hall–Kier alpha value is -1.73. The number of hydrogen-bond donors (Lipinski definition) is 2. The topological polar surface area (TPSA) is 90.4 Å². The minimum atomic E-state index is -0.655. The summed E-state index contributed by atoms with van der Waals surface area (Å²) in [5.41, 5.74) is 5.91. The molecule has 1 saturated carbocycles. The summed E-state index contributed by atoms with van der Waals surface area (Å²) < 4.78 is 18.8. The molecule has 1 aromatic carbocycles. The maximum Gasteiger partial charge on any atom is 0.274 e. The van der Waals surface area contributed by atoms with Gasteiger partial charge in [0, 0.05) is 24.4 Å². The van der Waals surface area contributed by atoms with Crippen LogP contribution in [0.5, 0.6) is 0 Å².